The molecule has 1 amide bonds. The van der Waals surface area contributed by atoms with Gasteiger partial charge in [-0.25, -0.2) is 9.59 Å². The lowest BCUT2D eigenvalue weighted by Gasteiger charge is -2.09. The topological polar surface area (TPSA) is 81.7 Å². The minimum Gasteiger partial charge on any atom is -0.462 e. The van der Waals surface area contributed by atoms with Gasteiger partial charge in [-0.05, 0) is 62.9 Å². The summed E-state index contributed by atoms with van der Waals surface area (Å²) in [4.78, 5) is 37.7. The Labute approximate surface area is 168 Å². The fourth-order valence-corrected chi connectivity index (χ4v) is 3.91. The quantitative estimate of drug-likeness (QED) is 0.701. The molecular formula is C21H25NO5S. The summed E-state index contributed by atoms with van der Waals surface area (Å²) in [6.07, 6.45) is 0.647. The molecule has 0 bridgehead atoms. The zero-order valence-electron chi connectivity index (χ0n) is 16.8. The number of rotatable bonds is 7. The van der Waals surface area contributed by atoms with E-state index in [0.717, 1.165) is 21.6 Å². The van der Waals surface area contributed by atoms with E-state index >= 15 is 0 Å². The van der Waals surface area contributed by atoms with Gasteiger partial charge in [0, 0.05) is 4.88 Å². The lowest BCUT2D eigenvalue weighted by Crippen LogP contribution is -2.22. The van der Waals surface area contributed by atoms with Crippen molar-refractivity contribution in [3.05, 3.63) is 50.9 Å². The van der Waals surface area contributed by atoms with Crippen molar-refractivity contribution in [2.45, 2.75) is 41.0 Å². The molecule has 150 valence electrons. The predicted molar refractivity (Wildman–Crippen MR) is 109 cm³/mol. The Morgan fingerprint density at radius 3 is 2.32 bits per heavy atom. The summed E-state index contributed by atoms with van der Waals surface area (Å²) < 4.78 is 10.2. The number of carbonyl (C=O) groups is 3. The Bertz CT molecular complexity index is 900. The van der Waals surface area contributed by atoms with Crippen LogP contribution in [0.2, 0.25) is 0 Å². The number of aryl methyl sites for hydroxylation is 3. The molecule has 1 heterocycles. The van der Waals surface area contributed by atoms with Gasteiger partial charge in [-0.3, -0.25) is 4.79 Å². The summed E-state index contributed by atoms with van der Waals surface area (Å²) in [5.74, 6) is -1.54. The normalized spacial score (nSPS) is 10.5. The van der Waals surface area contributed by atoms with Crippen LogP contribution in [-0.4, -0.2) is 31.1 Å². The number of hydrogen-bond donors (Lipinski definition) is 1. The Kier molecular flexibility index (Phi) is 7.34. The highest BCUT2D eigenvalue weighted by Gasteiger charge is 2.23. The summed E-state index contributed by atoms with van der Waals surface area (Å²) in [6, 6.07) is 5.22. The molecular weight excluding hydrogens is 378 g/mol. The summed E-state index contributed by atoms with van der Waals surface area (Å²) >= 11 is 1.31. The molecule has 0 aliphatic rings. The van der Waals surface area contributed by atoms with Crippen LogP contribution in [0.3, 0.4) is 0 Å². The van der Waals surface area contributed by atoms with Crippen LogP contribution in [0.15, 0.2) is 18.2 Å². The fourth-order valence-electron chi connectivity index (χ4n) is 2.76. The smallest absolute Gasteiger partial charge is 0.341 e. The maximum Gasteiger partial charge on any atom is 0.341 e. The second kappa shape index (κ2) is 9.50. The molecule has 1 aromatic carbocycles. The molecule has 0 saturated heterocycles. The van der Waals surface area contributed by atoms with Gasteiger partial charge in [0.2, 0.25) is 0 Å². The minimum atomic E-state index is -0.569. The number of anilines is 1. The van der Waals surface area contributed by atoms with Crippen LogP contribution in [0.4, 0.5) is 5.00 Å². The molecule has 7 heteroatoms. The first-order valence-corrected chi connectivity index (χ1v) is 9.93. The van der Waals surface area contributed by atoms with Crippen LogP contribution in [0.5, 0.6) is 0 Å². The van der Waals surface area contributed by atoms with Crippen molar-refractivity contribution in [3.8, 4) is 0 Å². The van der Waals surface area contributed by atoms with Gasteiger partial charge in [0.25, 0.3) is 5.91 Å². The molecule has 2 rings (SSSR count). The van der Waals surface area contributed by atoms with Gasteiger partial charge in [-0.2, -0.15) is 0 Å². The molecule has 6 nitrogen and oxygen atoms in total. The number of esters is 2. The molecule has 0 radical (unpaired) electrons. The average molecular weight is 404 g/mol. The predicted octanol–water partition coefficient (Wildman–Crippen LogP) is 4.21. The van der Waals surface area contributed by atoms with Gasteiger partial charge >= 0.3 is 11.9 Å². The first-order valence-electron chi connectivity index (χ1n) is 9.12. The van der Waals surface area contributed by atoms with Crippen LogP contribution in [0.1, 0.15) is 56.1 Å². The molecule has 0 atom stereocenters. The number of benzene rings is 1. The fraction of sp³-hybridized carbons (Fsp3) is 0.381. The van der Waals surface area contributed by atoms with Crippen LogP contribution < -0.4 is 5.32 Å². The molecule has 2 aromatic rings. The van der Waals surface area contributed by atoms with Crippen molar-refractivity contribution < 1.29 is 23.9 Å². The number of carbonyl (C=O) groups excluding carboxylic acids is 3. The first kappa shape index (κ1) is 21.6. The highest BCUT2D eigenvalue weighted by Crippen LogP contribution is 2.34. The van der Waals surface area contributed by atoms with Crippen LogP contribution >= 0.6 is 11.3 Å². The maximum absolute atomic E-state index is 12.3. The van der Waals surface area contributed by atoms with E-state index in [2.05, 4.69) is 5.32 Å². The van der Waals surface area contributed by atoms with Crippen molar-refractivity contribution in [1.29, 1.82) is 0 Å². The summed E-state index contributed by atoms with van der Waals surface area (Å²) in [5, 5.41) is 3.09. The van der Waals surface area contributed by atoms with Crippen molar-refractivity contribution >= 4 is 34.2 Å². The monoisotopic (exact) mass is 403 g/mol. The average Bonchev–Trinajstić information content (AvgIpc) is 2.97. The van der Waals surface area contributed by atoms with E-state index in [-0.39, 0.29) is 6.61 Å². The molecule has 1 aromatic heterocycles. The summed E-state index contributed by atoms with van der Waals surface area (Å²) in [5.41, 5.74) is 3.66. The van der Waals surface area contributed by atoms with Gasteiger partial charge < -0.3 is 14.8 Å². The van der Waals surface area contributed by atoms with Crippen molar-refractivity contribution in [2.75, 3.05) is 18.5 Å². The van der Waals surface area contributed by atoms with Crippen LogP contribution in [-0.2, 0) is 20.7 Å². The number of amides is 1. The van der Waals surface area contributed by atoms with Gasteiger partial charge in [0.1, 0.15) is 5.00 Å². The summed E-state index contributed by atoms with van der Waals surface area (Å²) in [7, 11) is 0. The number of hydrogen-bond acceptors (Lipinski definition) is 6. The van der Waals surface area contributed by atoms with Gasteiger partial charge in [0.15, 0.2) is 6.61 Å². The third-order valence-electron chi connectivity index (χ3n) is 4.37. The third kappa shape index (κ3) is 4.98. The lowest BCUT2D eigenvalue weighted by molar-refractivity contribution is -0.119. The Morgan fingerprint density at radius 2 is 1.71 bits per heavy atom. The number of thiophene rings is 1. The second-order valence-electron chi connectivity index (χ2n) is 6.34. The van der Waals surface area contributed by atoms with Crippen LogP contribution in [0, 0.1) is 20.8 Å². The standard InChI is InChI=1S/C21H25NO5S/c1-6-16-14(5)28-19(18(16)21(25)26-7-2)22-17(23)11-27-20(24)15-9-8-12(3)13(4)10-15/h8-10H,6-7,11H2,1-5H3,(H,22,23). The molecule has 0 spiro atoms. The van der Waals surface area contributed by atoms with Crippen molar-refractivity contribution in [3.63, 3.8) is 0 Å². The van der Waals surface area contributed by atoms with Gasteiger partial charge in [-0.15, -0.1) is 11.3 Å². The lowest BCUT2D eigenvalue weighted by atomic mass is 10.1. The van der Waals surface area contributed by atoms with E-state index in [9.17, 15) is 14.4 Å². The highest BCUT2D eigenvalue weighted by atomic mass is 32.1. The largest absolute Gasteiger partial charge is 0.462 e. The number of ether oxygens (including phenoxy) is 2. The third-order valence-corrected chi connectivity index (χ3v) is 5.43. The van der Waals surface area contributed by atoms with E-state index < -0.39 is 24.5 Å². The first-order chi connectivity index (χ1) is 13.3. The molecule has 28 heavy (non-hydrogen) atoms. The van der Waals surface area contributed by atoms with E-state index in [0.29, 0.717) is 22.5 Å². The molecule has 1 N–H and O–H groups in total. The summed E-state index contributed by atoms with van der Waals surface area (Å²) in [6.45, 7) is 9.22. The molecule has 0 unspecified atom stereocenters. The number of nitrogens with one attached hydrogen (secondary N) is 1. The van der Waals surface area contributed by atoms with E-state index in [1.165, 1.54) is 11.3 Å². The maximum atomic E-state index is 12.3. The SMILES string of the molecule is CCOC(=O)c1c(NC(=O)COC(=O)c2ccc(C)c(C)c2)sc(C)c1CC. The van der Waals surface area contributed by atoms with E-state index in [1.54, 1.807) is 19.1 Å². The molecule has 0 aliphatic heterocycles. The Hall–Kier alpha value is -2.67. The Morgan fingerprint density at radius 1 is 1.00 bits per heavy atom. The van der Waals surface area contributed by atoms with Crippen molar-refractivity contribution in [1.82, 2.24) is 0 Å². The molecule has 0 aliphatic carbocycles. The van der Waals surface area contributed by atoms with Crippen LogP contribution in [0.25, 0.3) is 0 Å². The Balaban J connectivity index is 2.07. The molecule has 0 fully saturated rings. The minimum absolute atomic E-state index is 0.248. The van der Waals surface area contributed by atoms with Gasteiger partial charge in [-0.1, -0.05) is 13.0 Å². The zero-order chi connectivity index (χ0) is 20.8. The second-order valence-corrected chi connectivity index (χ2v) is 7.56. The van der Waals surface area contributed by atoms with E-state index in [4.69, 9.17) is 9.47 Å². The van der Waals surface area contributed by atoms with E-state index in [1.807, 2.05) is 33.8 Å². The highest BCUT2D eigenvalue weighted by molar-refractivity contribution is 7.16. The van der Waals surface area contributed by atoms with Gasteiger partial charge in [0.05, 0.1) is 17.7 Å². The zero-order valence-corrected chi connectivity index (χ0v) is 17.6. The molecule has 0 saturated carbocycles. The van der Waals surface area contributed by atoms with Crippen molar-refractivity contribution in [2.24, 2.45) is 0 Å².